The van der Waals surface area contributed by atoms with Gasteiger partial charge in [0.05, 0.1) is 6.10 Å². The van der Waals surface area contributed by atoms with Crippen molar-refractivity contribution in [3.8, 4) is 5.75 Å². The lowest BCUT2D eigenvalue weighted by molar-refractivity contribution is -0.145. The monoisotopic (exact) mass is 279 g/mol. The van der Waals surface area contributed by atoms with Crippen LogP contribution in [0.15, 0.2) is 24.3 Å². The summed E-state index contributed by atoms with van der Waals surface area (Å²) in [5.41, 5.74) is -0.368. The molecule has 0 aromatic heterocycles. The standard InChI is InChI=1S/C16H25NO3/c1-6-12(4)17-16(5,15(18)19)13-7-9-14(10-8-13)20-11(2)3/h7-12,17H,6H2,1-5H3,(H,18,19). The molecule has 1 rings (SSSR count). The molecule has 0 spiro atoms. The maximum atomic E-state index is 11.6. The van der Waals surface area contributed by atoms with Crippen molar-refractivity contribution in [1.29, 1.82) is 0 Å². The van der Waals surface area contributed by atoms with Crippen LogP contribution in [-0.2, 0) is 10.3 Å². The molecule has 2 atom stereocenters. The molecule has 0 aliphatic carbocycles. The van der Waals surface area contributed by atoms with Gasteiger partial charge in [0.25, 0.3) is 0 Å². The van der Waals surface area contributed by atoms with Gasteiger partial charge in [0.15, 0.2) is 0 Å². The van der Waals surface area contributed by atoms with Crippen molar-refractivity contribution in [2.24, 2.45) is 0 Å². The molecule has 0 fully saturated rings. The first-order valence-electron chi connectivity index (χ1n) is 7.08. The Kier molecular flexibility index (Phi) is 5.57. The first kappa shape index (κ1) is 16.5. The summed E-state index contributed by atoms with van der Waals surface area (Å²) in [5.74, 6) is -0.129. The minimum atomic E-state index is -1.09. The minimum absolute atomic E-state index is 0.102. The number of hydrogen-bond donors (Lipinski definition) is 2. The highest BCUT2D eigenvalue weighted by molar-refractivity contribution is 5.80. The lowest BCUT2D eigenvalue weighted by atomic mass is 9.91. The quantitative estimate of drug-likeness (QED) is 0.805. The van der Waals surface area contributed by atoms with Crippen molar-refractivity contribution in [2.45, 2.75) is 58.7 Å². The Hall–Kier alpha value is -1.55. The average molecular weight is 279 g/mol. The van der Waals surface area contributed by atoms with Gasteiger partial charge in [0, 0.05) is 6.04 Å². The van der Waals surface area contributed by atoms with Crippen LogP contribution in [0, 0.1) is 0 Å². The van der Waals surface area contributed by atoms with Crippen LogP contribution in [0.1, 0.15) is 46.6 Å². The van der Waals surface area contributed by atoms with Gasteiger partial charge in [-0.1, -0.05) is 19.1 Å². The Morgan fingerprint density at radius 2 is 1.85 bits per heavy atom. The molecule has 2 N–H and O–H groups in total. The summed E-state index contributed by atoms with van der Waals surface area (Å²) in [4.78, 5) is 11.6. The van der Waals surface area contributed by atoms with E-state index < -0.39 is 11.5 Å². The van der Waals surface area contributed by atoms with Crippen molar-refractivity contribution < 1.29 is 14.6 Å². The predicted molar refractivity (Wildman–Crippen MR) is 80.1 cm³/mol. The molecular weight excluding hydrogens is 254 g/mol. The lowest BCUT2D eigenvalue weighted by Crippen LogP contribution is -2.50. The van der Waals surface area contributed by atoms with E-state index in [1.54, 1.807) is 19.1 Å². The van der Waals surface area contributed by atoms with Crippen LogP contribution < -0.4 is 10.1 Å². The summed E-state index contributed by atoms with van der Waals surface area (Å²) in [6, 6.07) is 7.37. The van der Waals surface area contributed by atoms with Crippen LogP contribution in [0.25, 0.3) is 0 Å². The third kappa shape index (κ3) is 3.97. The highest BCUT2D eigenvalue weighted by atomic mass is 16.5. The Morgan fingerprint density at radius 3 is 2.25 bits per heavy atom. The first-order chi connectivity index (χ1) is 9.29. The second kappa shape index (κ2) is 6.75. The van der Waals surface area contributed by atoms with E-state index in [-0.39, 0.29) is 12.1 Å². The largest absolute Gasteiger partial charge is 0.491 e. The number of rotatable bonds is 7. The van der Waals surface area contributed by atoms with Gasteiger partial charge in [-0.2, -0.15) is 0 Å². The minimum Gasteiger partial charge on any atom is -0.491 e. The predicted octanol–water partition coefficient (Wildman–Crippen LogP) is 3.16. The van der Waals surface area contributed by atoms with E-state index in [2.05, 4.69) is 5.32 Å². The molecule has 0 radical (unpaired) electrons. The smallest absolute Gasteiger partial charge is 0.328 e. The Labute approximate surface area is 121 Å². The molecule has 112 valence electrons. The van der Waals surface area contributed by atoms with Crippen LogP contribution in [-0.4, -0.2) is 23.2 Å². The number of carbonyl (C=O) groups is 1. The fraction of sp³-hybridized carbons (Fsp3) is 0.562. The van der Waals surface area contributed by atoms with E-state index >= 15 is 0 Å². The molecule has 0 aliphatic heterocycles. The van der Waals surface area contributed by atoms with Gasteiger partial charge in [-0.05, 0) is 51.8 Å². The van der Waals surface area contributed by atoms with Crippen molar-refractivity contribution >= 4 is 5.97 Å². The average Bonchev–Trinajstić information content (AvgIpc) is 2.38. The summed E-state index contributed by atoms with van der Waals surface area (Å²) in [7, 11) is 0. The van der Waals surface area contributed by atoms with Gasteiger partial charge in [-0.3, -0.25) is 5.32 Å². The number of hydrogen-bond acceptors (Lipinski definition) is 3. The first-order valence-corrected chi connectivity index (χ1v) is 7.08. The van der Waals surface area contributed by atoms with Crippen molar-refractivity contribution in [1.82, 2.24) is 5.32 Å². The van der Waals surface area contributed by atoms with Crippen molar-refractivity contribution in [3.63, 3.8) is 0 Å². The third-order valence-corrected chi connectivity index (χ3v) is 3.38. The summed E-state index contributed by atoms with van der Waals surface area (Å²) < 4.78 is 5.58. The molecule has 20 heavy (non-hydrogen) atoms. The second-order valence-corrected chi connectivity index (χ2v) is 5.57. The van der Waals surface area contributed by atoms with E-state index in [9.17, 15) is 9.90 Å². The van der Waals surface area contributed by atoms with Crippen molar-refractivity contribution in [2.75, 3.05) is 0 Å². The van der Waals surface area contributed by atoms with Gasteiger partial charge >= 0.3 is 5.97 Å². The van der Waals surface area contributed by atoms with Gasteiger partial charge < -0.3 is 9.84 Å². The Balaban J connectivity index is 3.00. The molecule has 0 aliphatic rings. The molecule has 0 amide bonds. The zero-order valence-corrected chi connectivity index (χ0v) is 12.9. The molecule has 4 nitrogen and oxygen atoms in total. The molecule has 1 aromatic carbocycles. The zero-order valence-electron chi connectivity index (χ0n) is 12.9. The van der Waals surface area contributed by atoms with Gasteiger partial charge in [0.1, 0.15) is 11.3 Å². The zero-order chi connectivity index (χ0) is 15.3. The van der Waals surface area contributed by atoms with Gasteiger partial charge in [-0.15, -0.1) is 0 Å². The number of aliphatic carboxylic acids is 1. The Morgan fingerprint density at radius 1 is 1.30 bits per heavy atom. The number of benzene rings is 1. The van der Waals surface area contributed by atoms with Gasteiger partial charge in [-0.25, -0.2) is 4.79 Å². The maximum absolute atomic E-state index is 11.6. The summed E-state index contributed by atoms with van der Waals surface area (Å²) in [6.45, 7) is 9.62. The topological polar surface area (TPSA) is 58.6 Å². The molecule has 4 heteroatoms. The van der Waals surface area contributed by atoms with Crippen LogP contribution in [0.4, 0.5) is 0 Å². The molecule has 0 saturated carbocycles. The van der Waals surface area contributed by atoms with Crippen LogP contribution in [0.2, 0.25) is 0 Å². The number of ether oxygens (including phenoxy) is 1. The highest BCUT2D eigenvalue weighted by Crippen LogP contribution is 2.25. The highest BCUT2D eigenvalue weighted by Gasteiger charge is 2.35. The Bertz CT molecular complexity index is 442. The fourth-order valence-electron chi connectivity index (χ4n) is 2.00. The molecule has 0 heterocycles. The number of carboxylic acids is 1. The van der Waals surface area contributed by atoms with E-state index in [4.69, 9.17) is 4.74 Å². The molecule has 2 unspecified atom stereocenters. The molecule has 0 bridgehead atoms. The fourth-order valence-corrected chi connectivity index (χ4v) is 2.00. The lowest BCUT2D eigenvalue weighted by Gasteiger charge is -2.30. The third-order valence-electron chi connectivity index (χ3n) is 3.38. The maximum Gasteiger partial charge on any atom is 0.328 e. The summed E-state index contributed by atoms with van der Waals surface area (Å²) in [6.07, 6.45) is 0.974. The van der Waals surface area contributed by atoms with Crippen LogP contribution in [0.3, 0.4) is 0 Å². The second-order valence-electron chi connectivity index (χ2n) is 5.57. The molecule has 0 saturated heterocycles. The number of nitrogens with one attached hydrogen (secondary N) is 1. The van der Waals surface area contributed by atoms with Crippen LogP contribution >= 0.6 is 0 Å². The van der Waals surface area contributed by atoms with E-state index in [1.165, 1.54) is 0 Å². The van der Waals surface area contributed by atoms with Gasteiger partial charge in [0.2, 0.25) is 0 Å². The van der Waals surface area contributed by atoms with Crippen LogP contribution in [0.5, 0.6) is 5.75 Å². The summed E-state index contributed by atoms with van der Waals surface area (Å²) in [5, 5.41) is 12.7. The van der Waals surface area contributed by atoms with E-state index in [1.807, 2.05) is 39.8 Å². The molecule has 1 aromatic rings. The number of carboxylic acid groups (broad SMARTS) is 1. The molecular formula is C16H25NO3. The SMILES string of the molecule is CCC(C)NC(C)(C(=O)O)c1ccc(OC(C)C)cc1. The normalized spacial score (nSPS) is 15.7. The van der Waals surface area contributed by atoms with Crippen molar-refractivity contribution in [3.05, 3.63) is 29.8 Å². The van der Waals surface area contributed by atoms with E-state index in [0.717, 1.165) is 17.7 Å². The summed E-state index contributed by atoms with van der Waals surface area (Å²) >= 11 is 0. The van der Waals surface area contributed by atoms with E-state index in [0.29, 0.717) is 0 Å².